The lowest BCUT2D eigenvalue weighted by Gasteiger charge is -2.15. The highest BCUT2D eigenvalue weighted by molar-refractivity contribution is 7.17. The molecule has 8 heteroatoms. The van der Waals surface area contributed by atoms with Crippen LogP contribution in [-0.2, 0) is 11.3 Å². The Balaban J connectivity index is 1.84. The predicted octanol–water partition coefficient (Wildman–Crippen LogP) is 4.08. The van der Waals surface area contributed by atoms with Gasteiger partial charge in [-0.3, -0.25) is 14.2 Å². The van der Waals surface area contributed by atoms with E-state index in [2.05, 4.69) is 10.3 Å². The molecule has 2 aromatic carbocycles. The second-order valence-electron chi connectivity index (χ2n) is 7.14. The molecule has 0 saturated carbocycles. The number of hydrogen-bond donors (Lipinski definition) is 2. The zero-order valence-electron chi connectivity index (χ0n) is 16.9. The van der Waals surface area contributed by atoms with E-state index in [0.717, 1.165) is 22.5 Å². The molecule has 1 amide bonds. The summed E-state index contributed by atoms with van der Waals surface area (Å²) in [6, 6.07) is 14.7. The van der Waals surface area contributed by atoms with E-state index in [1.807, 2.05) is 50.2 Å². The van der Waals surface area contributed by atoms with Crippen molar-refractivity contribution in [3.05, 3.63) is 81.0 Å². The molecule has 31 heavy (non-hydrogen) atoms. The summed E-state index contributed by atoms with van der Waals surface area (Å²) < 4.78 is 1.24. The molecule has 0 aliphatic rings. The number of amides is 1. The van der Waals surface area contributed by atoms with Gasteiger partial charge in [0.1, 0.15) is 17.2 Å². The van der Waals surface area contributed by atoms with Gasteiger partial charge in [0, 0.05) is 16.6 Å². The Morgan fingerprint density at radius 1 is 1.06 bits per heavy atom. The molecule has 0 atom stereocenters. The number of hydrogen-bond acceptors (Lipinski definition) is 5. The Labute approximate surface area is 181 Å². The van der Waals surface area contributed by atoms with Crippen molar-refractivity contribution in [1.29, 1.82) is 0 Å². The molecule has 4 rings (SSSR count). The Morgan fingerprint density at radius 2 is 1.74 bits per heavy atom. The number of benzene rings is 2. The van der Waals surface area contributed by atoms with Crippen molar-refractivity contribution in [2.75, 3.05) is 5.32 Å². The standard InChI is InChI=1S/C23H19N3O4S/c1-13-7-6-8-14(2)19(13)24-17(27)11-26-20(15-9-4-3-5-10-15)25-21-18(22(26)28)16(12-31-21)23(29)30/h3-10,12H,11H2,1-2H3,(H,24,27)(H,29,30). The first-order valence-electron chi connectivity index (χ1n) is 9.53. The number of aromatic carboxylic acids is 1. The number of nitrogens with one attached hydrogen (secondary N) is 1. The second kappa shape index (κ2) is 8.16. The van der Waals surface area contributed by atoms with E-state index in [-0.39, 0.29) is 17.5 Å². The number of aryl methyl sites for hydroxylation is 2. The normalized spacial score (nSPS) is 10.9. The van der Waals surface area contributed by atoms with Gasteiger partial charge in [0.25, 0.3) is 5.56 Å². The highest BCUT2D eigenvalue weighted by atomic mass is 32.1. The first-order chi connectivity index (χ1) is 14.9. The van der Waals surface area contributed by atoms with Gasteiger partial charge in [0.15, 0.2) is 0 Å². The molecule has 0 fully saturated rings. The van der Waals surface area contributed by atoms with Crippen molar-refractivity contribution < 1.29 is 14.7 Å². The lowest BCUT2D eigenvalue weighted by molar-refractivity contribution is -0.116. The summed E-state index contributed by atoms with van der Waals surface area (Å²) in [5.41, 5.74) is 2.50. The van der Waals surface area contributed by atoms with Gasteiger partial charge in [-0.15, -0.1) is 11.3 Å². The molecule has 0 aliphatic carbocycles. The predicted molar refractivity (Wildman–Crippen MR) is 121 cm³/mol. The van der Waals surface area contributed by atoms with E-state index in [1.54, 1.807) is 12.1 Å². The van der Waals surface area contributed by atoms with Crippen LogP contribution in [0.5, 0.6) is 0 Å². The zero-order chi connectivity index (χ0) is 22.1. The average Bonchev–Trinajstić information content (AvgIpc) is 3.18. The summed E-state index contributed by atoms with van der Waals surface area (Å²) in [6.07, 6.45) is 0. The minimum absolute atomic E-state index is 0.0112. The molecule has 2 N–H and O–H groups in total. The Bertz CT molecular complexity index is 1350. The molecule has 0 bridgehead atoms. The fourth-order valence-electron chi connectivity index (χ4n) is 3.47. The number of nitrogens with zero attached hydrogens (tertiary/aromatic N) is 2. The van der Waals surface area contributed by atoms with Crippen molar-refractivity contribution in [2.24, 2.45) is 0 Å². The fourth-order valence-corrected chi connectivity index (χ4v) is 4.37. The molecule has 156 valence electrons. The number of fused-ring (bicyclic) bond motifs is 1. The van der Waals surface area contributed by atoms with Gasteiger partial charge in [0.2, 0.25) is 5.91 Å². The minimum atomic E-state index is -1.20. The monoisotopic (exact) mass is 433 g/mol. The van der Waals surface area contributed by atoms with Gasteiger partial charge in [-0.2, -0.15) is 0 Å². The topological polar surface area (TPSA) is 101 Å². The number of anilines is 1. The van der Waals surface area contributed by atoms with Gasteiger partial charge >= 0.3 is 5.97 Å². The lowest BCUT2D eigenvalue weighted by atomic mass is 10.1. The largest absolute Gasteiger partial charge is 0.478 e. The molecule has 0 aliphatic heterocycles. The van der Waals surface area contributed by atoms with Crippen molar-refractivity contribution in [1.82, 2.24) is 9.55 Å². The summed E-state index contributed by atoms with van der Waals surface area (Å²) in [5, 5.41) is 13.7. The third-order valence-corrected chi connectivity index (χ3v) is 5.88. The van der Waals surface area contributed by atoms with Crippen LogP contribution in [0, 0.1) is 13.8 Å². The van der Waals surface area contributed by atoms with Crippen LogP contribution in [0.15, 0.2) is 58.7 Å². The van der Waals surface area contributed by atoms with Gasteiger partial charge in [-0.05, 0) is 25.0 Å². The number of carbonyl (C=O) groups excluding carboxylic acids is 1. The van der Waals surface area contributed by atoms with Gasteiger partial charge in [0.05, 0.1) is 10.9 Å². The van der Waals surface area contributed by atoms with Crippen molar-refractivity contribution in [3.8, 4) is 11.4 Å². The molecule has 0 radical (unpaired) electrons. The van der Waals surface area contributed by atoms with E-state index >= 15 is 0 Å². The quantitative estimate of drug-likeness (QED) is 0.494. The summed E-state index contributed by atoms with van der Waals surface area (Å²) in [6.45, 7) is 3.49. The molecule has 4 aromatic rings. The average molecular weight is 433 g/mol. The minimum Gasteiger partial charge on any atom is -0.478 e. The summed E-state index contributed by atoms with van der Waals surface area (Å²) in [4.78, 5) is 42.7. The first-order valence-corrected chi connectivity index (χ1v) is 10.4. The lowest BCUT2D eigenvalue weighted by Crippen LogP contribution is -2.30. The number of carbonyl (C=O) groups is 2. The van der Waals surface area contributed by atoms with Crippen LogP contribution in [0.4, 0.5) is 5.69 Å². The van der Waals surface area contributed by atoms with Crippen LogP contribution in [0.3, 0.4) is 0 Å². The van der Waals surface area contributed by atoms with E-state index in [9.17, 15) is 19.5 Å². The Kier molecular flexibility index (Phi) is 5.39. The number of carboxylic acids is 1. The fraction of sp³-hybridized carbons (Fsp3) is 0.130. The third-order valence-electron chi connectivity index (χ3n) is 5.00. The van der Waals surface area contributed by atoms with Crippen molar-refractivity contribution in [3.63, 3.8) is 0 Å². The number of aromatic nitrogens is 2. The highest BCUT2D eigenvalue weighted by Gasteiger charge is 2.21. The summed E-state index contributed by atoms with van der Waals surface area (Å²) in [7, 11) is 0. The Morgan fingerprint density at radius 3 is 2.39 bits per heavy atom. The zero-order valence-corrected chi connectivity index (χ0v) is 17.7. The third kappa shape index (κ3) is 3.85. The van der Waals surface area contributed by atoms with E-state index in [4.69, 9.17) is 0 Å². The molecule has 0 unspecified atom stereocenters. The van der Waals surface area contributed by atoms with Crippen LogP contribution in [0.2, 0.25) is 0 Å². The number of carboxylic acid groups (broad SMARTS) is 1. The summed E-state index contributed by atoms with van der Waals surface area (Å²) >= 11 is 1.09. The van der Waals surface area contributed by atoms with Crippen LogP contribution < -0.4 is 10.9 Å². The number of thiophene rings is 1. The van der Waals surface area contributed by atoms with Crippen LogP contribution in [0.25, 0.3) is 21.6 Å². The smallest absolute Gasteiger partial charge is 0.337 e. The van der Waals surface area contributed by atoms with E-state index in [1.165, 1.54) is 9.95 Å². The summed E-state index contributed by atoms with van der Waals surface area (Å²) in [5.74, 6) is -1.29. The van der Waals surface area contributed by atoms with Gasteiger partial charge in [-0.1, -0.05) is 48.5 Å². The maximum atomic E-state index is 13.3. The molecule has 7 nitrogen and oxygen atoms in total. The Hall–Kier alpha value is -3.78. The molecule has 0 saturated heterocycles. The first kappa shape index (κ1) is 20.5. The molecule has 2 heterocycles. The molecular weight excluding hydrogens is 414 g/mol. The van der Waals surface area contributed by atoms with Crippen LogP contribution in [-0.4, -0.2) is 26.5 Å². The molecule has 0 spiro atoms. The van der Waals surface area contributed by atoms with Crippen LogP contribution >= 0.6 is 11.3 Å². The van der Waals surface area contributed by atoms with Crippen molar-refractivity contribution in [2.45, 2.75) is 20.4 Å². The molecular formula is C23H19N3O4S. The van der Waals surface area contributed by atoms with E-state index < -0.39 is 17.4 Å². The second-order valence-corrected chi connectivity index (χ2v) is 8.00. The van der Waals surface area contributed by atoms with Gasteiger partial charge < -0.3 is 10.4 Å². The number of rotatable bonds is 5. The van der Waals surface area contributed by atoms with Crippen LogP contribution in [0.1, 0.15) is 21.5 Å². The maximum absolute atomic E-state index is 13.3. The SMILES string of the molecule is Cc1cccc(C)c1NC(=O)Cn1c(-c2ccccc2)nc2scc(C(=O)O)c2c1=O. The maximum Gasteiger partial charge on any atom is 0.337 e. The molecule has 2 aromatic heterocycles. The van der Waals surface area contributed by atoms with Crippen molar-refractivity contribution >= 4 is 39.1 Å². The highest BCUT2D eigenvalue weighted by Crippen LogP contribution is 2.26. The van der Waals surface area contributed by atoms with E-state index in [0.29, 0.717) is 21.9 Å². The van der Waals surface area contributed by atoms with Gasteiger partial charge in [-0.25, -0.2) is 9.78 Å². The number of para-hydroxylation sites is 1.